The molecule has 0 radical (unpaired) electrons. The van der Waals surface area contributed by atoms with E-state index in [1.165, 1.54) is 0 Å². The minimum absolute atomic E-state index is 0.0389. The number of nitrogens with two attached hydrogens (primary N) is 1. The third-order valence-electron chi connectivity index (χ3n) is 3.83. The Balaban J connectivity index is 2.11. The molecule has 22 heavy (non-hydrogen) atoms. The van der Waals surface area contributed by atoms with Crippen LogP contribution in [-0.2, 0) is 14.8 Å². The van der Waals surface area contributed by atoms with E-state index in [4.69, 9.17) is 9.88 Å². The van der Waals surface area contributed by atoms with E-state index in [9.17, 15) is 13.2 Å². The maximum atomic E-state index is 12.2. The van der Waals surface area contributed by atoms with Gasteiger partial charge in [-0.1, -0.05) is 12.1 Å². The number of benzene rings is 1. The second kappa shape index (κ2) is 6.66. The van der Waals surface area contributed by atoms with E-state index in [-0.39, 0.29) is 30.0 Å². The molecule has 2 rings (SSSR count). The van der Waals surface area contributed by atoms with Gasteiger partial charge in [0.25, 0.3) is 0 Å². The molecule has 1 heterocycles. The van der Waals surface area contributed by atoms with E-state index in [2.05, 4.69) is 0 Å². The van der Waals surface area contributed by atoms with Crippen LogP contribution in [0.15, 0.2) is 24.3 Å². The van der Waals surface area contributed by atoms with Crippen LogP contribution in [0.25, 0.3) is 0 Å². The molecule has 1 aromatic rings. The van der Waals surface area contributed by atoms with Gasteiger partial charge in [0.15, 0.2) is 0 Å². The number of rotatable bonds is 6. The quantitative estimate of drug-likeness (QED) is 0.853. The normalized spacial score (nSPS) is 20.2. The first kappa shape index (κ1) is 16.8. The van der Waals surface area contributed by atoms with Gasteiger partial charge in [-0.25, -0.2) is 13.6 Å². The second-order valence-electron chi connectivity index (χ2n) is 5.63. The Kier molecular flexibility index (Phi) is 5.08. The molecule has 0 bridgehead atoms. The standard InChI is InChI=1S/C15H22N2O4S/c1-3-21-14-6-4-5-13(8-14)11(2)17-9-12(7-15(17)18)10-22(16,19)20/h4-6,8,11-12H,3,7,9-10H2,1-2H3,(H2,16,19,20). The maximum Gasteiger partial charge on any atom is 0.223 e. The van der Waals surface area contributed by atoms with Crippen LogP contribution < -0.4 is 9.88 Å². The van der Waals surface area contributed by atoms with Crippen molar-refractivity contribution in [3.63, 3.8) is 0 Å². The number of amides is 1. The SMILES string of the molecule is CCOc1cccc(C(C)N2CC(CS(N)(=O)=O)CC2=O)c1. The smallest absolute Gasteiger partial charge is 0.223 e. The molecule has 7 heteroatoms. The van der Waals surface area contributed by atoms with E-state index >= 15 is 0 Å². The molecule has 1 aromatic carbocycles. The van der Waals surface area contributed by atoms with Crippen LogP contribution in [0.1, 0.15) is 31.9 Å². The van der Waals surface area contributed by atoms with Gasteiger partial charge in [0.2, 0.25) is 15.9 Å². The van der Waals surface area contributed by atoms with E-state index < -0.39 is 10.0 Å². The number of hydrogen-bond donors (Lipinski definition) is 1. The summed E-state index contributed by atoms with van der Waals surface area (Å²) in [4.78, 5) is 13.9. The lowest BCUT2D eigenvalue weighted by Gasteiger charge is -2.25. The second-order valence-corrected chi connectivity index (χ2v) is 7.29. The summed E-state index contributed by atoms with van der Waals surface area (Å²) in [6.07, 6.45) is 0.228. The Hall–Kier alpha value is -1.60. The highest BCUT2D eigenvalue weighted by molar-refractivity contribution is 7.89. The van der Waals surface area contributed by atoms with Crippen molar-refractivity contribution in [1.82, 2.24) is 4.90 Å². The summed E-state index contributed by atoms with van der Waals surface area (Å²) in [5, 5.41) is 5.07. The Morgan fingerprint density at radius 3 is 2.82 bits per heavy atom. The van der Waals surface area contributed by atoms with E-state index in [1.807, 2.05) is 38.1 Å². The molecule has 0 spiro atoms. The zero-order valence-electron chi connectivity index (χ0n) is 12.9. The van der Waals surface area contributed by atoms with Gasteiger partial charge < -0.3 is 9.64 Å². The fraction of sp³-hybridized carbons (Fsp3) is 0.533. The summed E-state index contributed by atoms with van der Waals surface area (Å²) in [5.41, 5.74) is 0.968. The number of primary sulfonamides is 1. The number of sulfonamides is 1. The maximum absolute atomic E-state index is 12.2. The molecule has 122 valence electrons. The largest absolute Gasteiger partial charge is 0.494 e. The lowest BCUT2D eigenvalue weighted by molar-refractivity contribution is -0.129. The average molecular weight is 326 g/mol. The van der Waals surface area contributed by atoms with Gasteiger partial charge in [0.1, 0.15) is 5.75 Å². The number of nitrogens with zero attached hydrogens (tertiary/aromatic N) is 1. The number of carbonyl (C=O) groups excluding carboxylic acids is 1. The van der Waals surface area contributed by atoms with E-state index in [0.29, 0.717) is 13.2 Å². The minimum atomic E-state index is -3.56. The van der Waals surface area contributed by atoms with Crippen LogP contribution in [0.4, 0.5) is 0 Å². The summed E-state index contributed by atoms with van der Waals surface area (Å²) >= 11 is 0. The lowest BCUT2D eigenvalue weighted by atomic mass is 10.1. The molecule has 1 amide bonds. The minimum Gasteiger partial charge on any atom is -0.494 e. The van der Waals surface area contributed by atoms with Gasteiger partial charge in [-0.05, 0) is 31.5 Å². The molecule has 6 nitrogen and oxygen atoms in total. The first-order chi connectivity index (χ1) is 10.3. The van der Waals surface area contributed by atoms with Crippen LogP contribution in [0.3, 0.4) is 0 Å². The zero-order valence-corrected chi connectivity index (χ0v) is 13.7. The molecule has 1 saturated heterocycles. The first-order valence-corrected chi connectivity index (χ1v) is 9.04. The van der Waals surface area contributed by atoms with E-state index in [1.54, 1.807) is 4.90 Å². The average Bonchev–Trinajstić information content (AvgIpc) is 2.77. The van der Waals surface area contributed by atoms with Crippen LogP contribution in [0, 0.1) is 5.92 Å². The highest BCUT2D eigenvalue weighted by atomic mass is 32.2. The first-order valence-electron chi connectivity index (χ1n) is 7.33. The molecule has 0 aromatic heterocycles. The molecule has 2 atom stereocenters. The van der Waals surface area contributed by atoms with Crippen molar-refractivity contribution >= 4 is 15.9 Å². The summed E-state index contributed by atoms with van der Waals surface area (Å²) < 4.78 is 27.9. The van der Waals surface area contributed by atoms with Crippen molar-refractivity contribution in [2.24, 2.45) is 11.1 Å². The summed E-state index contributed by atoms with van der Waals surface area (Å²) in [6, 6.07) is 7.48. The van der Waals surface area contributed by atoms with Gasteiger partial charge in [0, 0.05) is 18.9 Å². The van der Waals surface area contributed by atoms with Crippen LogP contribution in [-0.4, -0.2) is 38.1 Å². The summed E-state index contributed by atoms with van der Waals surface area (Å²) in [7, 11) is -3.56. The van der Waals surface area contributed by atoms with Gasteiger partial charge in [0.05, 0.1) is 18.4 Å². The zero-order chi connectivity index (χ0) is 16.3. The number of ether oxygens (including phenoxy) is 1. The summed E-state index contributed by atoms with van der Waals surface area (Å²) in [5.74, 6) is 0.337. The molecular weight excluding hydrogens is 304 g/mol. The molecule has 1 fully saturated rings. The van der Waals surface area contributed by atoms with Crippen molar-refractivity contribution in [1.29, 1.82) is 0 Å². The fourth-order valence-electron chi connectivity index (χ4n) is 2.83. The van der Waals surface area contributed by atoms with Gasteiger partial charge in [-0.2, -0.15) is 0 Å². The lowest BCUT2D eigenvalue weighted by Crippen LogP contribution is -2.30. The molecule has 1 aliphatic heterocycles. The third kappa shape index (κ3) is 4.20. The molecule has 1 aliphatic rings. The van der Waals surface area contributed by atoms with E-state index in [0.717, 1.165) is 11.3 Å². The van der Waals surface area contributed by atoms with Gasteiger partial charge in [-0.15, -0.1) is 0 Å². The molecular formula is C15H22N2O4S. The number of likely N-dealkylation sites (tertiary alicyclic amines) is 1. The molecule has 2 unspecified atom stereocenters. The van der Waals surface area contributed by atoms with Gasteiger partial charge >= 0.3 is 0 Å². The van der Waals surface area contributed by atoms with Crippen molar-refractivity contribution in [3.05, 3.63) is 29.8 Å². The monoisotopic (exact) mass is 326 g/mol. The van der Waals surface area contributed by atoms with Crippen LogP contribution in [0.5, 0.6) is 5.75 Å². The van der Waals surface area contributed by atoms with Crippen molar-refractivity contribution in [2.75, 3.05) is 18.9 Å². The topological polar surface area (TPSA) is 89.7 Å². The van der Waals surface area contributed by atoms with Crippen molar-refractivity contribution in [2.45, 2.75) is 26.3 Å². The number of carbonyl (C=O) groups is 1. The Morgan fingerprint density at radius 1 is 1.45 bits per heavy atom. The van der Waals surface area contributed by atoms with Crippen molar-refractivity contribution < 1.29 is 17.9 Å². The van der Waals surface area contributed by atoms with Gasteiger partial charge in [-0.3, -0.25) is 4.79 Å². The highest BCUT2D eigenvalue weighted by Gasteiger charge is 2.34. The number of hydrogen-bond acceptors (Lipinski definition) is 4. The predicted molar refractivity (Wildman–Crippen MR) is 83.8 cm³/mol. The fourth-order valence-corrected chi connectivity index (χ4v) is 3.71. The molecule has 0 aliphatic carbocycles. The van der Waals surface area contributed by atoms with Crippen LogP contribution in [0.2, 0.25) is 0 Å². The van der Waals surface area contributed by atoms with Crippen molar-refractivity contribution in [3.8, 4) is 5.75 Å². The Morgan fingerprint density at radius 2 is 2.18 bits per heavy atom. The summed E-state index contributed by atoms with van der Waals surface area (Å²) in [6.45, 7) is 4.84. The molecule has 0 saturated carbocycles. The molecule has 2 N–H and O–H groups in total. The highest BCUT2D eigenvalue weighted by Crippen LogP contribution is 2.30. The predicted octanol–water partition coefficient (Wildman–Crippen LogP) is 1.28. The Labute approximate surface area is 131 Å². The van der Waals surface area contributed by atoms with Crippen LogP contribution >= 0.6 is 0 Å². The third-order valence-corrected chi connectivity index (χ3v) is 4.76. The Bertz CT molecular complexity index is 645.